The zero-order valence-electron chi connectivity index (χ0n) is 17.2. The van der Waals surface area contributed by atoms with Gasteiger partial charge in [-0.25, -0.2) is 0 Å². The molecule has 0 spiro atoms. The summed E-state index contributed by atoms with van der Waals surface area (Å²) in [7, 11) is 0. The first-order valence-corrected chi connectivity index (χ1v) is 11.7. The van der Waals surface area contributed by atoms with Crippen molar-refractivity contribution in [1.29, 1.82) is 0 Å². The molecule has 5 rings (SSSR count). The number of rotatable bonds is 5. The van der Waals surface area contributed by atoms with E-state index in [9.17, 15) is 9.59 Å². The lowest BCUT2D eigenvalue weighted by Crippen LogP contribution is -2.30. The Balaban J connectivity index is 1.30. The molecule has 2 aliphatic heterocycles. The molecule has 5 heteroatoms. The maximum Gasteiger partial charge on any atom is 0.258 e. The Morgan fingerprint density at radius 2 is 1.68 bits per heavy atom. The Hall–Kier alpha value is -3.05. The number of thioether (sulfide) groups is 1. The van der Waals surface area contributed by atoms with Crippen LogP contribution in [-0.4, -0.2) is 35.6 Å². The standard InChI is InChI=1S/C26H24N2O2S/c29-24-18-31-26(28(24)16-14-19-6-2-1-3-7-19)22-12-10-21(11-13-22)25(30)27-17-15-20-8-4-5-9-23(20)27/h1-13,26H,14-18H2/t26-/m1/s1. The SMILES string of the molecule is O=C(c1ccc([C@H]2SCC(=O)N2CCc2ccccc2)cc1)N1CCc2ccccc21. The van der Waals surface area contributed by atoms with Gasteiger partial charge in [0.15, 0.2) is 0 Å². The predicted molar refractivity (Wildman–Crippen MR) is 125 cm³/mol. The van der Waals surface area contributed by atoms with Gasteiger partial charge in [-0.15, -0.1) is 11.8 Å². The van der Waals surface area contributed by atoms with Crippen molar-refractivity contribution in [3.05, 3.63) is 101 Å². The highest BCUT2D eigenvalue weighted by molar-refractivity contribution is 8.00. The van der Waals surface area contributed by atoms with Crippen molar-refractivity contribution < 1.29 is 9.59 Å². The number of carbonyl (C=O) groups is 2. The molecule has 156 valence electrons. The molecule has 2 heterocycles. The summed E-state index contributed by atoms with van der Waals surface area (Å²) < 4.78 is 0. The molecule has 2 aliphatic rings. The molecule has 31 heavy (non-hydrogen) atoms. The molecular weight excluding hydrogens is 404 g/mol. The van der Waals surface area contributed by atoms with Gasteiger partial charge in [0.05, 0.1) is 5.75 Å². The fourth-order valence-corrected chi connectivity index (χ4v) is 5.58. The first kappa shape index (κ1) is 19.9. The number of nitrogens with zero attached hydrogens (tertiary/aromatic N) is 2. The number of para-hydroxylation sites is 1. The zero-order chi connectivity index (χ0) is 21.2. The number of benzene rings is 3. The van der Waals surface area contributed by atoms with Gasteiger partial charge in [0.1, 0.15) is 5.37 Å². The van der Waals surface area contributed by atoms with E-state index in [2.05, 4.69) is 18.2 Å². The van der Waals surface area contributed by atoms with Crippen LogP contribution in [0.1, 0.15) is 32.4 Å². The molecule has 4 nitrogen and oxygen atoms in total. The van der Waals surface area contributed by atoms with Gasteiger partial charge in [0, 0.05) is 24.3 Å². The zero-order valence-corrected chi connectivity index (χ0v) is 18.1. The first-order chi connectivity index (χ1) is 15.2. The number of hydrogen-bond acceptors (Lipinski definition) is 3. The Morgan fingerprint density at radius 3 is 2.48 bits per heavy atom. The van der Waals surface area contributed by atoms with Gasteiger partial charge in [-0.3, -0.25) is 9.59 Å². The van der Waals surface area contributed by atoms with Gasteiger partial charge in [-0.1, -0.05) is 60.7 Å². The van der Waals surface area contributed by atoms with E-state index in [0.29, 0.717) is 17.9 Å². The van der Waals surface area contributed by atoms with E-state index in [1.807, 2.05) is 70.5 Å². The minimum atomic E-state index is 0.00729. The van der Waals surface area contributed by atoms with Crippen molar-refractivity contribution in [3.63, 3.8) is 0 Å². The van der Waals surface area contributed by atoms with Gasteiger partial charge in [0.2, 0.25) is 5.91 Å². The van der Waals surface area contributed by atoms with Crippen molar-refractivity contribution >= 4 is 29.3 Å². The molecule has 0 radical (unpaired) electrons. The largest absolute Gasteiger partial charge is 0.326 e. The number of fused-ring (bicyclic) bond motifs is 1. The smallest absolute Gasteiger partial charge is 0.258 e. The second-order valence-corrected chi connectivity index (χ2v) is 9.01. The minimum Gasteiger partial charge on any atom is -0.326 e. The average Bonchev–Trinajstić information content (AvgIpc) is 3.41. The molecule has 0 saturated carbocycles. The van der Waals surface area contributed by atoms with Gasteiger partial charge in [-0.05, 0) is 47.7 Å². The van der Waals surface area contributed by atoms with Crippen LogP contribution in [-0.2, 0) is 17.6 Å². The fourth-order valence-electron chi connectivity index (χ4n) is 4.36. The highest BCUT2D eigenvalue weighted by atomic mass is 32.2. The van der Waals surface area contributed by atoms with Crippen LogP contribution in [0.25, 0.3) is 0 Å². The molecule has 0 unspecified atom stereocenters. The molecule has 0 bridgehead atoms. The molecule has 0 aromatic heterocycles. The van der Waals surface area contributed by atoms with Crippen LogP contribution in [0.4, 0.5) is 5.69 Å². The van der Waals surface area contributed by atoms with Crippen LogP contribution < -0.4 is 4.90 Å². The third-order valence-corrected chi connectivity index (χ3v) is 7.28. The van der Waals surface area contributed by atoms with E-state index in [1.54, 1.807) is 11.8 Å². The monoisotopic (exact) mass is 428 g/mol. The number of anilines is 1. The van der Waals surface area contributed by atoms with E-state index in [4.69, 9.17) is 0 Å². The van der Waals surface area contributed by atoms with Crippen LogP contribution in [0, 0.1) is 0 Å². The predicted octanol–water partition coefficient (Wildman–Crippen LogP) is 4.71. The molecule has 3 aromatic rings. The number of amides is 2. The van der Waals surface area contributed by atoms with Crippen molar-refractivity contribution in [3.8, 4) is 0 Å². The molecule has 3 aromatic carbocycles. The van der Waals surface area contributed by atoms with Crippen molar-refractivity contribution in [2.45, 2.75) is 18.2 Å². The maximum atomic E-state index is 13.1. The van der Waals surface area contributed by atoms with E-state index in [1.165, 1.54) is 11.1 Å². The van der Waals surface area contributed by atoms with Crippen molar-refractivity contribution in [2.24, 2.45) is 0 Å². The van der Waals surface area contributed by atoms with Gasteiger partial charge >= 0.3 is 0 Å². The Kier molecular flexibility index (Phi) is 5.51. The second kappa shape index (κ2) is 8.60. The van der Waals surface area contributed by atoms with Crippen molar-refractivity contribution in [2.75, 3.05) is 23.7 Å². The Labute approximate surface area is 186 Å². The third kappa shape index (κ3) is 3.98. The third-order valence-electron chi connectivity index (χ3n) is 6.03. The van der Waals surface area contributed by atoms with Crippen LogP contribution in [0.3, 0.4) is 0 Å². The highest BCUT2D eigenvalue weighted by Gasteiger charge is 2.32. The minimum absolute atomic E-state index is 0.00729. The highest BCUT2D eigenvalue weighted by Crippen LogP contribution is 2.39. The summed E-state index contributed by atoms with van der Waals surface area (Å²) in [6, 6.07) is 26.2. The first-order valence-electron chi connectivity index (χ1n) is 10.7. The van der Waals surface area contributed by atoms with Crippen LogP contribution >= 0.6 is 11.8 Å². The molecule has 1 fully saturated rings. The summed E-state index contributed by atoms with van der Waals surface area (Å²) in [5.41, 5.74) is 5.23. The normalized spacial score (nSPS) is 17.8. The molecule has 0 N–H and O–H groups in total. The topological polar surface area (TPSA) is 40.6 Å². The van der Waals surface area contributed by atoms with E-state index in [-0.39, 0.29) is 17.2 Å². The Morgan fingerprint density at radius 1 is 0.935 bits per heavy atom. The van der Waals surface area contributed by atoms with Crippen LogP contribution in [0.2, 0.25) is 0 Å². The van der Waals surface area contributed by atoms with Gasteiger partial charge in [0.25, 0.3) is 5.91 Å². The molecule has 0 aliphatic carbocycles. The van der Waals surface area contributed by atoms with Crippen LogP contribution in [0.15, 0.2) is 78.9 Å². The summed E-state index contributed by atoms with van der Waals surface area (Å²) >= 11 is 1.66. The summed E-state index contributed by atoms with van der Waals surface area (Å²) in [6.45, 7) is 1.42. The summed E-state index contributed by atoms with van der Waals surface area (Å²) in [6.07, 6.45) is 1.74. The lowest BCUT2D eigenvalue weighted by Gasteiger charge is -2.24. The van der Waals surface area contributed by atoms with Crippen LogP contribution in [0.5, 0.6) is 0 Å². The Bertz CT molecular complexity index is 1100. The quantitative estimate of drug-likeness (QED) is 0.591. The molecule has 2 amide bonds. The maximum absolute atomic E-state index is 13.1. The van der Waals surface area contributed by atoms with E-state index < -0.39 is 0 Å². The molecule has 1 saturated heterocycles. The second-order valence-electron chi connectivity index (χ2n) is 7.94. The summed E-state index contributed by atoms with van der Waals surface area (Å²) in [4.78, 5) is 29.4. The molecule has 1 atom stereocenters. The lowest BCUT2D eigenvalue weighted by molar-refractivity contribution is -0.128. The molecular formula is C26H24N2O2S. The van der Waals surface area contributed by atoms with E-state index >= 15 is 0 Å². The fraction of sp³-hybridized carbons (Fsp3) is 0.231. The number of hydrogen-bond donors (Lipinski definition) is 0. The average molecular weight is 429 g/mol. The van der Waals surface area contributed by atoms with Crippen molar-refractivity contribution in [1.82, 2.24) is 4.90 Å². The lowest BCUT2D eigenvalue weighted by atomic mass is 10.1. The summed E-state index contributed by atoms with van der Waals surface area (Å²) in [5, 5.41) is 0.00729. The van der Waals surface area contributed by atoms with E-state index in [0.717, 1.165) is 30.6 Å². The number of carbonyl (C=O) groups excluding carboxylic acids is 2. The van der Waals surface area contributed by atoms with Gasteiger partial charge < -0.3 is 9.80 Å². The summed E-state index contributed by atoms with van der Waals surface area (Å²) in [5.74, 6) is 0.720. The van der Waals surface area contributed by atoms with Gasteiger partial charge in [-0.2, -0.15) is 0 Å².